The van der Waals surface area contributed by atoms with E-state index in [1.54, 1.807) is 34.7 Å². The van der Waals surface area contributed by atoms with Gasteiger partial charge in [-0.05, 0) is 50.1 Å². The number of likely N-dealkylation sites (tertiary alicyclic amines) is 1. The van der Waals surface area contributed by atoms with Gasteiger partial charge in [0, 0.05) is 36.4 Å². The van der Waals surface area contributed by atoms with E-state index in [1.165, 1.54) is 24.7 Å². The SMILES string of the molecule is CC1(O)CCCN(C(=O)c2cnc3c(ccn3-c3cc(F)cc(-c4nnc[nH]4)c3)c2)C1. The molecule has 1 fully saturated rings. The standard InChI is InChI=1S/C22H21FN6O2/c1-22(31)4-2-5-28(12-22)21(30)16-7-14-3-6-29(20(14)24-11-16)18-9-15(8-17(23)10-18)19-25-13-26-27-19/h3,6-11,13,31H,2,4-5,12H2,1H3,(H,25,26,27). The molecule has 158 valence electrons. The Morgan fingerprint density at radius 2 is 2.16 bits per heavy atom. The number of β-amino-alcohol motifs (C(OH)–C–C–N with tert-alkyl or cyclic N) is 1. The van der Waals surface area contributed by atoms with Crippen LogP contribution in [0.4, 0.5) is 4.39 Å². The number of pyridine rings is 1. The maximum absolute atomic E-state index is 14.3. The number of rotatable bonds is 3. The number of fused-ring (bicyclic) bond motifs is 1. The molecular weight excluding hydrogens is 399 g/mol. The third-order valence-corrected chi connectivity index (χ3v) is 5.59. The Labute approximate surface area is 177 Å². The first-order valence-corrected chi connectivity index (χ1v) is 10.1. The molecule has 1 aliphatic rings. The van der Waals surface area contributed by atoms with E-state index < -0.39 is 11.4 Å². The molecule has 0 saturated carbocycles. The summed E-state index contributed by atoms with van der Waals surface area (Å²) < 4.78 is 16.0. The third kappa shape index (κ3) is 3.68. The van der Waals surface area contributed by atoms with Crippen molar-refractivity contribution >= 4 is 16.9 Å². The Balaban J connectivity index is 1.49. The number of aromatic nitrogens is 5. The van der Waals surface area contributed by atoms with Crippen LogP contribution in [0.2, 0.25) is 0 Å². The molecule has 1 saturated heterocycles. The van der Waals surface area contributed by atoms with Crippen LogP contribution in [0.15, 0.2) is 49.1 Å². The number of amides is 1. The zero-order chi connectivity index (χ0) is 21.6. The highest BCUT2D eigenvalue weighted by Gasteiger charge is 2.31. The summed E-state index contributed by atoms with van der Waals surface area (Å²) in [7, 11) is 0. The Bertz CT molecular complexity index is 1260. The Kier molecular flexibility index (Phi) is 4.55. The number of carbonyl (C=O) groups is 1. The number of carbonyl (C=O) groups excluding carboxylic acids is 1. The van der Waals surface area contributed by atoms with E-state index in [0.29, 0.717) is 47.8 Å². The lowest BCUT2D eigenvalue weighted by molar-refractivity contribution is -0.0107. The number of hydrogen-bond donors (Lipinski definition) is 2. The minimum absolute atomic E-state index is 0.152. The van der Waals surface area contributed by atoms with Crippen molar-refractivity contribution < 1.29 is 14.3 Å². The monoisotopic (exact) mass is 420 g/mol. The molecule has 0 aliphatic carbocycles. The Hall–Kier alpha value is -3.59. The fraction of sp³-hybridized carbons (Fsp3) is 0.273. The number of piperidine rings is 1. The molecule has 0 radical (unpaired) electrons. The molecule has 1 unspecified atom stereocenters. The lowest BCUT2D eigenvalue weighted by Gasteiger charge is -2.36. The normalized spacial score (nSPS) is 19.1. The van der Waals surface area contributed by atoms with Crippen molar-refractivity contribution in [2.45, 2.75) is 25.4 Å². The fourth-order valence-corrected chi connectivity index (χ4v) is 4.12. The van der Waals surface area contributed by atoms with Crippen LogP contribution in [-0.2, 0) is 0 Å². The van der Waals surface area contributed by atoms with E-state index in [4.69, 9.17) is 0 Å². The van der Waals surface area contributed by atoms with Crippen molar-refractivity contribution in [2.75, 3.05) is 13.1 Å². The summed E-state index contributed by atoms with van der Waals surface area (Å²) in [5.41, 5.74) is 1.35. The number of nitrogens with zero attached hydrogens (tertiary/aromatic N) is 5. The van der Waals surface area contributed by atoms with Crippen LogP contribution in [0.1, 0.15) is 30.1 Å². The first kappa shape index (κ1) is 19.4. The zero-order valence-corrected chi connectivity index (χ0v) is 16.9. The summed E-state index contributed by atoms with van der Waals surface area (Å²) in [5.74, 6) is -0.0920. The number of aliphatic hydroxyl groups is 1. The molecule has 1 aliphatic heterocycles. The lowest BCUT2D eigenvalue weighted by atomic mass is 9.95. The van der Waals surface area contributed by atoms with Crippen LogP contribution in [0.25, 0.3) is 28.1 Å². The molecule has 5 rings (SSSR count). The summed E-state index contributed by atoms with van der Waals surface area (Å²) >= 11 is 0. The summed E-state index contributed by atoms with van der Waals surface area (Å²) in [6.07, 6.45) is 6.20. The van der Waals surface area contributed by atoms with Gasteiger partial charge in [-0.3, -0.25) is 4.79 Å². The number of nitrogens with one attached hydrogen (secondary N) is 1. The highest BCUT2D eigenvalue weighted by Crippen LogP contribution is 2.26. The second-order valence-corrected chi connectivity index (χ2v) is 8.19. The predicted octanol–water partition coefficient (Wildman–Crippen LogP) is 2.94. The van der Waals surface area contributed by atoms with Crippen LogP contribution >= 0.6 is 0 Å². The van der Waals surface area contributed by atoms with E-state index in [0.717, 1.165) is 11.8 Å². The van der Waals surface area contributed by atoms with Gasteiger partial charge in [-0.1, -0.05) is 0 Å². The van der Waals surface area contributed by atoms with Crippen molar-refractivity contribution in [1.82, 2.24) is 29.6 Å². The molecule has 4 heterocycles. The minimum atomic E-state index is -0.868. The van der Waals surface area contributed by atoms with Crippen molar-refractivity contribution in [2.24, 2.45) is 0 Å². The minimum Gasteiger partial charge on any atom is -0.388 e. The van der Waals surface area contributed by atoms with Crippen LogP contribution in [0.3, 0.4) is 0 Å². The van der Waals surface area contributed by atoms with E-state index in [2.05, 4.69) is 20.2 Å². The summed E-state index contributed by atoms with van der Waals surface area (Å²) in [4.78, 5) is 22.0. The summed E-state index contributed by atoms with van der Waals surface area (Å²) in [6, 6.07) is 8.20. The second kappa shape index (κ2) is 7.28. The Morgan fingerprint density at radius 3 is 2.94 bits per heavy atom. The molecule has 9 heteroatoms. The van der Waals surface area contributed by atoms with E-state index >= 15 is 0 Å². The number of halogens is 1. The van der Waals surface area contributed by atoms with Crippen molar-refractivity contribution in [1.29, 1.82) is 0 Å². The maximum Gasteiger partial charge on any atom is 0.255 e. The predicted molar refractivity (Wildman–Crippen MR) is 112 cm³/mol. The highest BCUT2D eigenvalue weighted by molar-refractivity contribution is 5.97. The first-order chi connectivity index (χ1) is 14.9. The molecule has 0 bridgehead atoms. The number of benzene rings is 1. The van der Waals surface area contributed by atoms with Gasteiger partial charge in [-0.25, -0.2) is 9.37 Å². The fourth-order valence-electron chi connectivity index (χ4n) is 4.12. The Morgan fingerprint density at radius 1 is 1.29 bits per heavy atom. The van der Waals surface area contributed by atoms with Gasteiger partial charge >= 0.3 is 0 Å². The zero-order valence-electron chi connectivity index (χ0n) is 16.9. The van der Waals surface area contributed by atoms with Crippen molar-refractivity contribution in [3.05, 3.63) is 60.4 Å². The van der Waals surface area contributed by atoms with Crippen LogP contribution in [0.5, 0.6) is 0 Å². The van der Waals surface area contributed by atoms with Gasteiger partial charge in [-0.15, -0.1) is 10.2 Å². The number of aromatic amines is 1. The number of hydrogen-bond acceptors (Lipinski definition) is 5. The average Bonchev–Trinajstić information content (AvgIpc) is 3.41. The lowest BCUT2D eigenvalue weighted by Crippen LogP contribution is -2.48. The molecule has 1 aromatic carbocycles. The largest absolute Gasteiger partial charge is 0.388 e. The summed E-state index contributed by atoms with van der Waals surface area (Å²) in [5, 5.41) is 18.8. The molecule has 0 spiro atoms. The maximum atomic E-state index is 14.3. The first-order valence-electron chi connectivity index (χ1n) is 10.1. The molecule has 3 aromatic heterocycles. The van der Waals surface area contributed by atoms with E-state index in [-0.39, 0.29) is 5.91 Å². The van der Waals surface area contributed by atoms with Gasteiger partial charge in [0.2, 0.25) is 0 Å². The van der Waals surface area contributed by atoms with Crippen molar-refractivity contribution in [3.8, 4) is 17.1 Å². The van der Waals surface area contributed by atoms with Gasteiger partial charge in [0.15, 0.2) is 5.82 Å². The average molecular weight is 420 g/mol. The smallest absolute Gasteiger partial charge is 0.255 e. The molecule has 8 nitrogen and oxygen atoms in total. The molecule has 2 N–H and O–H groups in total. The molecule has 1 atom stereocenters. The van der Waals surface area contributed by atoms with Gasteiger partial charge < -0.3 is 19.6 Å². The third-order valence-electron chi connectivity index (χ3n) is 5.59. The molecule has 4 aromatic rings. The van der Waals surface area contributed by atoms with Crippen LogP contribution < -0.4 is 0 Å². The topological polar surface area (TPSA) is 99.9 Å². The summed E-state index contributed by atoms with van der Waals surface area (Å²) in [6.45, 7) is 2.67. The van der Waals surface area contributed by atoms with Gasteiger partial charge in [0.25, 0.3) is 5.91 Å². The van der Waals surface area contributed by atoms with Crippen molar-refractivity contribution in [3.63, 3.8) is 0 Å². The highest BCUT2D eigenvalue weighted by atomic mass is 19.1. The quantitative estimate of drug-likeness (QED) is 0.531. The van der Waals surface area contributed by atoms with Crippen LogP contribution in [0, 0.1) is 5.82 Å². The molecule has 1 amide bonds. The number of H-pyrrole nitrogens is 1. The van der Waals surface area contributed by atoms with E-state index in [1.807, 2.05) is 6.07 Å². The van der Waals surface area contributed by atoms with Crippen LogP contribution in [-0.4, -0.2) is 59.3 Å². The molecule has 31 heavy (non-hydrogen) atoms. The van der Waals surface area contributed by atoms with Gasteiger partial charge in [-0.2, -0.15) is 0 Å². The van der Waals surface area contributed by atoms with E-state index in [9.17, 15) is 14.3 Å². The van der Waals surface area contributed by atoms with Gasteiger partial charge in [0.1, 0.15) is 17.8 Å². The second-order valence-electron chi connectivity index (χ2n) is 8.19. The molecular formula is C22H21FN6O2. The van der Waals surface area contributed by atoms with Gasteiger partial charge in [0.05, 0.1) is 16.9 Å².